The molecule has 1 unspecified atom stereocenters. The molecule has 25 heavy (non-hydrogen) atoms. The molecule has 1 aliphatic heterocycles. The summed E-state index contributed by atoms with van der Waals surface area (Å²) in [4.78, 5) is 8.57. The van der Waals surface area contributed by atoms with Crippen molar-refractivity contribution in [3.8, 4) is 5.75 Å². The van der Waals surface area contributed by atoms with Gasteiger partial charge in [0.2, 0.25) is 0 Å². The molecule has 0 amide bonds. The van der Waals surface area contributed by atoms with E-state index < -0.39 is 0 Å². The van der Waals surface area contributed by atoms with Gasteiger partial charge in [0.25, 0.3) is 0 Å². The van der Waals surface area contributed by atoms with Crippen LogP contribution in [0.3, 0.4) is 0 Å². The molecular weight excluding hydrogens is 499 g/mol. The van der Waals surface area contributed by atoms with Crippen molar-refractivity contribution in [3.05, 3.63) is 40.4 Å². The number of hydrogen-bond donors (Lipinski definition) is 2. The van der Waals surface area contributed by atoms with Gasteiger partial charge in [-0.25, -0.2) is 9.67 Å². The highest BCUT2D eigenvalue weighted by molar-refractivity contribution is 14.0. The minimum atomic E-state index is 0. The lowest BCUT2D eigenvalue weighted by Crippen LogP contribution is -2.46. The normalized spacial score (nSPS) is 16.6. The van der Waals surface area contributed by atoms with E-state index in [-0.39, 0.29) is 30.0 Å². The molecule has 1 aliphatic rings. The Morgan fingerprint density at radius 1 is 1.48 bits per heavy atom. The fourth-order valence-electron chi connectivity index (χ4n) is 2.81. The zero-order valence-electron chi connectivity index (χ0n) is 14.2. The fourth-order valence-corrected chi connectivity index (χ4v) is 3.22. The van der Waals surface area contributed by atoms with Crippen molar-refractivity contribution in [2.24, 2.45) is 4.99 Å². The molecule has 2 heterocycles. The molecule has 0 saturated carbocycles. The van der Waals surface area contributed by atoms with E-state index in [9.17, 15) is 0 Å². The van der Waals surface area contributed by atoms with Gasteiger partial charge in [0.05, 0.1) is 13.7 Å². The van der Waals surface area contributed by atoms with Gasteiger partial charge in [0.15, 0.2) is 5.96 Å². The summed E-state index contributed by atoms with van der Waals surface area (Å²) >= 11 is 3.50. The maximum absolute atomic E-state index is 5.41. The second-order valence-corrected chi connectivity index (χ2v) is 6.54. The number of nitrogens with zero attached hydrogens (tertiary/aromatic N) is 4. The number of rotatable bonds is 4. The number of aryl methyl sites for hydroxylation is 1. The van der Waals surface area contributed by atoms with Gasteiger partial charge < -0.3 is 15.4 Å². The standard InChI is InChI=1S/C16H21BrN6O.HI/c1-18-16(19-8-11-7-12(17)3-5-14(11)24-2)22-13-4-6-15-20-10-21-23(15)9-13;/h3,5,7,10,13H,4,6,8-9H2,1-2H3,(H2,18,19,22);1H. The minimum absolute atomic E-state index is 0. The maximum atomic E-state index is 5.41. The van der Waals surface area contributed by atoms with Gasteiger partial charge in [-0.2, -0.15) is 5.10 Å². The minimum Gasteiger partial charge on any atom is -0.496 e. The van der Waals surface area contributed by atoms with E-state index >= 15 is 0 Å². The number of ether oxygens (including phenoxy) is 1. The van der Waals surface area contributed by atoms with Crippen LogP contribution in [-0.2, 0) is 19.5 Å². The van der Waals surface area contributed by atoms with Crippen LogP contribution in [-0.4, -0.2) is 40.9 Å². The van der Waals surface area contributed by atoms with Crippen molar-refractivity contribution in [1.29, 1.82) is 0 Å². The Labute approximate surface area is 172 Å². The van der Waals surface area contributed by atoms with Crippen LogP contribution >= 0.6 is 39.9 Å². The number of methoxy groups -OCH3 is 1. The van der Waals surface area contributed by atoms with Crippen LogP contribution in [0.1, 0.15) is 17.8 Å². The topological polar surface area (TPSA) is 76.4 Å². The van der Waals surface area contributed by atoms with Gasteiger partial charge >= 0.3 is 0 Å². The molecule has 136 valence electrons. The lowest BCUT2D eigenvalue weighted by Gasteiger charge is -2.25. The molecule has 0 saturated heterocycles. The van der Waals surface area contributed by atoms with Crippen LogP contribution in [0.2, 0.25) is 0 Å². The first-order valence-electron chi connectivity index (χ1n) is 7.86. The number of benzene rings is 1. The molecule has 0 spiro atoms. The van der Waals surface area contributed by atoms with Crippen molar-refractivity contribution in [2.45, 2.75) is 32.0 Å². The predicted molar refractivity (Wildman–Crippen MR) is 112 cm³/mol. The number of halogens is 2. The van der Waals surface area contributed by atoms with Crippen LogP contribution in [0.15, 0.2) is 34.0 Å². The third kappa shape index (κ3) is 5.06. The summed E-state index contributed by atoms with van der Waals surface area (Å²) in [6, 6.07) is 6.24. The van der Waals surface area contributed by atoms with Crippen LogP contribution in [0, 0.1) is 0 Å². The number of fused-ring (bicyclic) bond motifs is 1. The van der Waals surface area contributed by atoms with Gasteiger partial charge in [-0.1, -0.05) is 15.9 Å². The number of guanidine groups is 1. The largest absolute Gasteiger partial charge is 0.496 e. The third-order valence-electron chi connectivity index (χ3n) is 4.06. The SMILES string of the molecule is CN=C(NCc1cc(Br)ccc1OC)NC1CCc2ncnn2C1.I. The molecule has 1 aromatic carbocycles. The van der Waals surface area contributed by atoms with Gasteiger partial charge in [0, 0.05) is 36.1 Å². The molecule has 0 aliphatic carbocycles. The highest BCUT2D eigenvalue weighted by atomic mass is 127. The summed E-state index contributed by atoms with van der Waals surface area (Å²) in [6.45, 7) is 1.43. The summed E-state index contributed by atoms with van der Waals surface area (Å²) in [6.07, 6.45) is 3.55. The summed E-state index contributed by atoms with van der Waals surface area (Å²) in [5, 5.41) is 11.1. The molecule has 2 aromatic rings. The van der Waals surface area contributed by atoms with Gasteiger partial charge in [-0.3, -0.25) is 4.99 Å². The maximum Gasteiger partial charge on any atom is 0.191 e. The first-order valence-corrected chi connectivity index (χ1v) is 8.65. The smallest absolute Gasteiger partial charge is 0.191 e. The fraction of sp³-hybridized carbons (Fsp3) is 0.438. The molecule has 0 fully saturated rings. The summed E-state index contributed by atoms with van der Waals surface area (Å²) in [5.41, 5.74) is 1.07. The Hall–Kier alpha value is -1.36. The summed E-state index contributed by atoms with van der Waals surface area (Å²) in [5.74, 6) is 2.67. The number of aliphatic imine (C=N–C) groups is 1. The average molecular weight is 521 g/mol. The summed E-state index contributed by atoms with van der Waals surface area (Å²) in [7, 11) is 3.45. The van der Waals surface area contributed by atoms with E-state index in [1.807, 2.05) is 22.9 Å². The first kappa shape index (κ1) is 20.0. The number of aromatic nitrogens is 3. The van der Waals surface area contributed by atoms with Crippen molar-refractivity contribution < 1.29 is 4.74 Å². The van der Waals surface area contributed by atoms with Gasteiger partial charge in [-0.05, 0) is 24.6 Å². The van der Waals surface area contributed by atoms with E-state index in [0.29, 0.717) is 6.54 Å². The molecule has 2 N–H and O–H groups in total. The highest BCUT2D eigenvalue weighted by Gasteiger charge is 2.20. The second kappa shape index (κ2) is 9.37. The molecule has 1 aromatic heterocycles. The van der Waals surface area contributed by atoms with E-state index in [0.717, 1.165) is 47.0 Å². The lowest BCUT2D eigenvalue weighted by atomic mass is 10.1. The Balaban J connectivity index is 0.00000225. The summed E-state index contributed by atoms with van der Waals surface area (Å²) < 4.78 is 8.38. The van der Waals surface area contributed by atoms with Crippen molar-refractivity contribution in [1.82, 2.24) is 25.4 Å². The zero-order valence-corrected chi connectivity index (χ0v) is 18.1. The van der Waals surface area contributed by atoms with E-state index in [2.05, 4.69) is 41.6 Å². The third-order valence-corrected chi connectivity index (χ3v) is 4.55. The van der Waals surface area contributed by atoms with Crippen LogP contribution in [0.5, 0.6) is 5.75 Å². The zero-order chi connectivity index (χ0) is 16.9. The van der Waals surface area contributed by atoms with E-state index in [1.54, 1.807) is 20.5 Å². The molecule has 3 rings (SSSR count). The van der Waals surface area contributed by atoms with Gasteiger partial charge in [-0.15, -0.1) is 24.0 Å². The Bertz CT molecular complexity index is 735. The highest BCUT2D eigenvalue weighted by Crippen LogP contribution is 2.22. The van der Waals surface area contributed by atoms with Crippen LogP contribution in [0.4, 0.5) is 0 Å². The lowest BCUT2D eigenvalue weighted by molar-refractivity contribution is 0.392. The van der Waals surface area contributed by atoms with Crippen molar-refractivity contribution in [3.63, 3.8) is 0 Å². The molecular formula is C16H22BrIN6O. The molecule has 1 atom stereocenters. The monoisotopic (exact) mass is 520 g/mol. The van der Waals surface area contributed by atoms with Gasteiger partial charge in [0.1, 0.15) is 17.9 Å². The van der Waals surface area contributed by atoms with E-state index in [4.69, 9.17) is 4.74 Å². The Morgan fingerprint density at radius 2 is 2.32 bits per heavy atom. The number of nitrogens with one attached hydrogen (secondary N) is 2. The van der Waals surface area contributed by atoms with Crippen LogP contribution < -0.4 is 15.4 Å². The van der Waals surface area contributed by atoms with Crippen molar-refractivity contribution in [2.75, 3.05) is 14.2 Å². The Kier molecular flexibility index (Phi) is 7.48. The molecule has 9 heteroatoms. The molecule has 7 nitrogen and oxygen atoms in total. The number of hydrogen-bond acceptors (Lipinski definition) is 4. The van der Waals surface area contributed by atoms with Crippen molar-refractivity contribution >= 4 is 45.9 Å². The Morgan fingerprint density at radius 3 is 3.08 bits per heavy atom. The van der Waals surface area contributed by atoms with E-state index in [1.165, 1.54) is 0 Å². The second-order valence-electron chi connectivity index (χ2n) is 5.62. The first-order chi connectivity index (χ1) is 11.7. The molecule has 0 radical (unpaired) electrons. The predicted octanol–water partition coefficient (Wildman–Crippen LogP) is 2.35. The molecule has 0 bridgehead atoms. The quantitative estimate of drug-likeness (QED) is 0.367. The van der Waals surface area contributed by atoms with Crippen LogP contribution in [0.25, 0.3) is 0 Å². The average Bonchev–Trinajstić information content (AvgIpc) is 3.06.